The Morgan fingerprint density at radius 2 is 0.703 bits per heavy atom. The predicted molar refractivity (Wildman–Crippen MR) is 386 cm³/mol. The number of hydrogen-bond donors (Lipinski definition) is 6. The second-order valence-electron chi connectivity index (χ2n) is 24.3. The van der Waals surface area contributed by atoms with E-state index in [0.29, 0.717) is 117 Å². The number of nitrogens with one attached hydrogen (secondary N) is 6. The molecule has 8 aromatic carbocycles. The number of likely N-dealkylation sites (N-methyl/N-ethyl adjacent to an activating group) is 1. The zero-order valence-electron chi connectivity index (χ0n) is 54.9. The van der Waals surface area contributed by atoms with E-state index in [9.17, 15) is 35.1 Å². The van der Waals surface area contributed by atoms with Gasteiger partial charge in [-0.15, -0.1) is 0 Å². The molecule has 16 rings (SSSR count). The number of nitrogens with zero attached hydrogens (tertiary/aromatic N) is 10. The lowest BCUT2D eigenvalue weighted by Gasteiger charge is -2.25. The predicted octanol–water partition coefficient (Wildman–Crippen LogP) is 15.3. The maximum absolute atomic E-state index is 14.6. The first-order valence-corrected chi connectivity index (χ1v) is 32.6. The molecule has 16 nitrogen and oxygen atoms in total. The second kappa shape index (κ2) is 30.4. The highest BCUT2D eigenvalue weighted by Gasteiger charge is 2.24. The van der Waals surface area contributed by atoms with Crippen molar-refractivity contribution in [2.24, 2.45) is 20.0 Å². The number of aliphatic imine (C=N–C) groups is 4. The summed E-state index contributed by atoms with van der Waals surface area (Å²) < 4.78 is 110. The van der Waals surface area contributed by atoms with Gasteiger partial charge in [-0.2, -0.15) is 20.4 Å². The van der Waals surface area contributed by atoms with Crippen molar-refractivity contribution >= 4 is 116 Å². The van der Waals surface area contributed by atoms with Gasteiger partial charge in [0, 0.05) is 98.7 Å². The third kappa shape index (κ3) is 15.9. The van der Waals surface area contributed by atoms with E-state index in [1.807, 2.05) is 79.4 Å². The molecule has 0 saturated heterocycles. The summed E-state index contributed by atoms with van der Waals surface area (Å²) in [6.45, 7) is 7.15. The van der Waals surface area contributed by atoms with Crippen LogP contribution in [0.3, 0.4) is 0 Å². The number of halogens is 8. The van der Waals surface area contributed by atoms with Gasteiger partial charge in [-0.25, -0.2) is 35.1 Å². The van der Waals surface area contributed by atoms with Crippen LogP contribution in [0.4, 0.5) is 35.1 Å². The summed E-state index contributed by atoms with van der Waals surface area (Å²) in [4.78, 5) is 21.5. The van der Waals surface area contributed by atoms with Crippen molar-refractivity contribution in [2.75, 3.05) is 59.9 Å². The molecule has 8 heterocycles. The van der Waals surface area contributed by atoms with E-state index in [0.717, 1.165) is 76.3 Å². The van der Waals surface area contributed by atoms with Crippen LogP contribution in [0.2, 0.25) is 0 Å². The van der Waals surface area contributed by atoms with E-state index in [1.165, 1.54) is 72.8 Å². The minimum absolute atomic E-state index is 0.201. The minimum atomic E-state index is -0.342. The molecular formula is C77H66F8N16. The van der Waals surface area contributed by atoms with Crippen LogP contribution < -0.4 is 10.6 Å². The van der Waals surface area contributed by atoms with Gasteiger partial charge in [-0.05, 0) is 139 Å². The normalized spacial score (nSPS) is 15.4. The Balaban J connectivity index is 0.000000120. The van der Waals surface area contributed by atoms with E-state index >= 15 is 0 Å². The van der Waals surface area contributed by atoms with Gasteiger partial charge in [-0.3, -0.25) is 40.4 Å². The van der Waals surface area contributed by atoms with Crippen molar-refractivity contribution < 1.29 is 35.1 Å². The van der Waals surface area contributed by atoms with Crippen molar-refractivity contribution in [3.8, 4) is 0 Å². The van der Waals surface area contributed by atoms with Gasteiger partial charge >= 0.3 is 0 Å². The van der Waals surface area contributed by atoms with Gasteiger partial charge in [0.2, 0.25) is 0 Å². The van der Waals surface area contributed by atoms with Crippen molar-refractivity contribution in [2.45, 2.75) is 25.8 Å². The number of H-pyrrole nitrogens is 4. The Labute approximate surface area is 574 Å². The lowest BCUT2D eigenvalue weighted by atomic mass is 10.1. The number of hydrogen-bond acceptors (Lipinski definition) is 12. The van der Waals surface area contributed by atoms with Crippen molar-refractivity contribution in [1.82, 2.24) is 61.2 Å². The highest BCUT2D eigenvalue weighted by Crippen LogP contribution is 2.29. The van der Waals surface area contributed by atoms with Crippen LogP contribution in [0.15, 0.2) is 166 Å². The van der Waals surface area contributed by atoms with Crippen LogP contribution in [-0.2, 0) is 0 Å². The molecule has 12 aromatic rings. The van der Waals surface area contributed by atoms with Crippen LogP contribution in [0.5, 0.6) is 0 Å². The van der Waals surface area contributed by atoms with Gasteiger partial charge in [0.05, 0.1) is 80.2 Å². The minimum Gasteiger partial charge on any atom is -0.370 e. The Morgan fingerprint density at radius 3 is 1.03 bits per heavy atom. The van der Waals surface area contributed by atoms with Crippen LogP contribution >= 0.6 is 0 Å². The summed E-state index contributed by atoms with van der Waals surface area (Å²) in [5.74, 6) is 0.0733. The standard InChI is InChI=1S/C20H18F2N4.3C19H16F2N4/c1-26-10-2-9-23-20(26)15-11-16-18(24-25-19(16)12-17(15)22)8-5-13-3-6-14(21)7-4-13;1-11-10-22-19(23-11)14-8-15-17(24-25-18(15)9-16(14)21)7-4-12-2-5-13(20)6-3-12;1-25-9-8-22-19(25)14-10-15-17(23-24-18(15)11-16(14)21)7-4-12-2-5-13(20)6-3-12;20-13-5-2-12(3-6-13)4-7-17-15-10-14(19-22-8-1-9-23-19)16(21)11-18(15)25-24-17/h3-8,11-12H,2,9-10H2,1H3,(H,24,25);2-9,11H,10H2,1H3,(H,22,23)(H,24,25);2-7,10-11H,8-9H2,1H3,(H,23,24);2-7,10-11H,1,8-9H2,(H,22,23)(H,24,25)/b8-5+;3*7-4+. The first-order valence-electron chi connectivity index (χ1n) is 32.6. The monoisotopic (exact) mass is 1370 g/mol. The van der Waals surface area contributed by atoms with Gasteiger partial charge < -0.3 is 20.4 Å². The number of rotatable bonds is 12. The highest BCUT2D eigenvalue weighted by molar-refractivity contribution is 6.07. The first kappa shape index (κ1) is 67.5. The topological polar surface area (TPSA) is 195 Å². The maximum atomic E-state index is 14.6. The molecule has 0 spiro atoms. The summed E-state index contributed by atoms with van der Waals surface area (Å²) in [6, 6.07) is 37.8. The Morgan fingerprint density at radius 1 is 0.366 bits per heavy atom. The Bertz CT molecular complexity index is 5250. The smallest absolute Gasteiger partial charge is 0.136 e. The van der Waals surface area contributed by atoms with Crippen LogP contribution in [0.1, 0.15) is 87.0 Å². The zero-order valence-corrected chi connectivity index (χ0v) is 54.9. The fourth-order valence-electron chi connectivity index (χ4n) is 11.7. The van der Waals surface area contributed by atoms with Crippen LogP contribution in [-0.4, -0.2) is 140 Å². The summed E-state index contributed by atoms with van der Waals surface area (Å²) in [5, 5.41) is 38.0. The molecule has 4 aliphatic heterocycles. The van der Waals surface area contributed by atoms with Gasteiger partial charge in [-0.1, -0.05) is 72.8 Å². The second-order valence-corrected chi connectivity index (χ2v) is 24.3. The number of amidine groups is 4. The number of aromatic nitrogens is 8. The van der Waals surface area contributed by atoms with Crippen molar-refractivity contribution in [3.63, 3.8) is 0 Å². The third-order valence-corrected chi connectivity index (χ3v) is 17.1. The van der Waals surface area contributed by atoms with Crippen molar-refractivity contribution in [1.29, 1.82) is 0 Å². The molecule has 1 atom stereocenters. The van der Waals surface area contributed by atoms with Crippen LogP contribution in [0.25, 0.3) is 92.2 Å². The molecule has 4 aromatic heterocycles. The molecular weight excluding hydrogens is 1300 g/mol. The molecule has 510 valence electrons. The Hall–Kier alpha value is -12.1. The SMILES string of the molecule is CC1CN=C(c2cc3c(/C=C/c4ccc(F)cc4)n[nH]c3cc2F)N1.CN1CCCN=C1c1cc2c(/C=C/c3ccc(F)cc3)n[nH]c2cc1F.CN1CCN=C1c1cc2c(/C=C/c3ccc(F)cc3)n[nH]c2cc1F.Fc1ccc(/C=C/c2n[nH]c3cc(F)c(C4=NCCCN4)cc23)cc1. The summed E-state index contributed by atoms with van der Waals surface area (Å²) >= 11 is 0. The quantitative estimate of drug-likeness (QED) is 0.0650. The average Bonchev–Trinajstić information content (AvgIpc) is 1.70. The summed E-state index contributed by atoms with van der Waals surface area (Å²) in [6.07, 6.45) is 16.6. The molecule has 0 fully saturated rings. The molecule has 0 bridgehead atoms. The van der Waals surface area contributed by atoms with E-state index in [4.69, 9.17) is 0 Å². The Kier molecular flexibility index (Phi) is 20.3. The van der Waals surface area contributed by atoms with Gasteiger partial charge in [0.15, 0.2) is 0 Å². The molecule has 24 heteroatoms. The van der Waals surface area contributed by atoms with E-state index in [-0.39, 0.29) is 52.6 Å². The van der Waals surface area contributed by atoms with Gasteiger partial charge in [0.1, 0.15) is 69.9 Å². The number of benzene rings is 8. The summed E-state index contributed by atoms with van der Waals surface area (Å²) in [7, 11) is 3.83. The largest absolute Gasteiger partial charge is 0.370 e. The molecule has 0 saturated carbocycles. The first-order chi connectivity index (χ1) is 49.0. The fraction of sp³-hybridized carbons (Fsp3) is 0.169. The maximum Gasteiger partial charge on any atom is 0.136 e. The highest BCUT2D eigenvalue weighted by atomic mass is 19.2. The summed E-state index contributed by atoms with van der Waals surface area (Å²) in [5.41, 5.74) is 10.6. The molecule has 1 unspecified atom stereocenters. The fourth-order valence-corrected chi connectivity index (χ4v) is 11.7. The molecule has 6 N–H and O–H groups in total. The van der Waals surface area contributed by atoms with E-state index in [1.54, 1.807) is 72.8 Å². The third-order valence-electron chi connectivity index (χ3n) is 17.1. The molecule has 0 amide bonds. The van der Waals surface area contributed by atoms with Gasteiger partial charge in [0.25, 0.3) is 0 Å². The molecule has 0 radical (unpaired) electrons. The molecule has 4 aliphatic rings. The number of aromatic amines is 4. The van der Waals surface area contributed by atoms with Crippen LogP contribution in [0, 0.1) is 46.5 Å². The zero-order chi connectivity index (χ0) is 70.1. The molecule has 101 heavy (non-hydrogen) atoms. The van der Waals surface area contributed by atoms with E-state index < -0.39 is 0 Å². The lowest BCUT2D eigenvalue weighted by Crippen LogP contribution is -2.33. The number of fused-ring (bicyclic) bond motifs is 4. The average molecular weight is 1370 g/mol. The lowest BCUT2D eigenvalue weighted by molar-refractivity contribution is 0.465. The van der Waals surface area contributed by atoms with E-state index in [2.05, 4.69) is 71.4 Å². The van der Waals surface area contributed by atoms with Crippen molar-refractivity contribution in [3.05, 3.63) is 259 Å². The molecule has 0 aliphatic carbocycles.